The highest BCUT2D eigenvalue weighted by Gasteiger charge is 2.53. The number of carbonyl (C=O) groups is 5. The first-order chi connectivity index (χ1) is 26.6. The first-order valence-electron chi connectivity index (χ1n) is 17.8. The summed E-state index contributed by atoms with van der Waals surface area (Å²) in [5.74, 6) is -3.88. The lowest BCUT2D eigenvalue weighted by atomic mass is 9.78. The molecule has 2 aliphatic rings. The predicted molar refractivity (Wildman–Crippen MR) is 193 cm³/mol. The van der Waals surface area contributed by atoms with Crippen LogP contribution in [0.15, 0.2) is 85.1 Å². The molecular formula is C41H43F2NO12. The SMILES string of the molecule is C=C(C)O[C@H]1[C@H](OC(C)=O)[C@@H](OC(C)=O)[C@H](Oc2ccc([C@@H]3[C@@H](CC[C@H](OC(C)=O)c4ccc(F)cc4)C(=O)N3c3ccc(F)cc3)cc2)O[C@@H]1COC(C)=O. The molecule has 0 spiro atoms. The van der Waals surface area contributed by atoms with Gasteiger partial charge < -0.3 is 38.1 Å². The van der Waals surface area contributed by atoms with Crippen LogP contribution in [0.2, 0.25) is 0 Å². The number of benzene rings is 3. The largest absolute Gasteiger partial charge is 0.489 e. The van der Waals surface area contributed by atoms with Crippen molar-refractivity contribution in [3.63, 3.8) is 0 Å². The number of hydrogen-bond donors (Lipinski definition) is 0. The molecule has 0 radical (unpaired) electrons. The fourth-order valence-electron chi connectivity index (χ4n) is 6.81. The zero-order valence-electron chi connectivity index (χ0n) is 31.5. The summed E-state index contributed by atoms with van der Waals surface area (Å²) in [5, 5.41) is 0. The molecule has 0 N–H and O–H groups in total. The normalized spacial score (nSPS) is 23.5. The zero-order chi connectivity index (χ0) is 40.7. The molecule has 15 heteroatoms. The molecule has 0 unspecified atom stereocenters. The monoisotopic (exact) mass is 779 g/mol. The quantitative estimate of drug-likeness (QED) is 0.0747. The number of nitrogens with zero attached hydrogens (tertiary/aromatic N) is 1. The van der Waals surface area contributed by atoms with Gasteiger partial charge in [0.15, 0.2) is 12.2 Å². The van der Waals surface area contributed by atoms with Crippen LogP contribution in [0.25, 0.3) is 0 Å². The summed E-state index contributed by atoms with van der Waals surface area (Å²) in [4.78, 5) is 63.6. The summed E-state index contributed by atoms with van der Waals surface area (Å²) in [7, 11) is 0. The molecule has 1 amide bonds. The van der Waals surface area contributed by atoms with E-state index in [2.05, 4.69) is 6.58 Å². The standard InChI is InChI=1S/C41H43F2NO12/c1-22(2)51-37-35(21-50-23(3)45)56-41(39(54-26(6)48)38(37)53-25(5)47)55-32-17-9-28(10-18-32)36-33(40(49)44(36)31-15-13-30(43)14-16-31)19-20-34(52-24(4)46)27-7-11-29(42)12-8-27/h7-18,33-39,41H,1,19-21H2,2-6H3/t33-,34+,35-,36-,37-,38+,39-,41-/m1/s1. The molecule has 5 rings (SSSR count). The van der Waals surface area contributed by atoms with E-state index in [1.807, 2.05) is 0 Å². The summed E-state index contributed by atoms with van der Waals surface area (Å²) >= 11 is 0. The third-order valence-corrected chi connectivity index (χ3v) is 9.07. The molecule has 298 valence electrons. The van der Waals surface area contributed by atoms with Gasteiger partial charge in [-0.2, -0.15) is 0 Å². The number of β-lactam (4-membered cyclic amide) rings is 1. The van der Waals surface area contributed by atoms with E-state index in [0.29, 0.717) is 16.8 Å². The molecule has 2 aliphatic heterocycles. The number of anilines is 1. The lowest BCUT2D eigenvalue weighted by Gasteiger charge is -2.48. The van der Waals surface area contributed by atoms with Gasteiger partial charge in [0, 0.05) is 33.4 Å². The molecule has 13 nitrogen and oxygen atoms in total. The molecule has 8 atom stereocenters. The number of rotatable bonds is 15. The summed E-state index contributed by atoms with van der Waals surface area (Å²) < 4.78 is 67.7. The van der Waals surface area contributed by atoms with Crippen LogP contribution >= 0.6 is 0 Å². The number of ether oxygens (including phenoxy) is 7. The highest BCUT2D eigenvalue weighted by molar-refractivity contribution is 6.03. The van der Waals surface area contributed by atoms with Crippen LogP contribution in [-0.4, -0.2) is 67.1 Å². The maximum Gasteiger partial charge on any atom is 0.303 e. The molecule has 0 aliphatic carbocycles. The third-order valence-electron chi connectivity index (χ3n) is 9.07. The second-order valence-corrected chi connectivity index (χ2v) is 13.4. The molecule has 3 aromatic rings. The fourth-order valence-corrected chi connectivity index (χ4v) is 6.81. The van der Waals surface area contributed by atoms with E-state index >= 15 is 0 Å². The van der Waals surface area contributed by atoms with Crippen molar-refractivity contribution in [2.75, 3.05) is 11.5 Å². The highest BCUT2D eigenvalue weighted by Crippen LogP contribution is 2.47. The van der Waals surface area contributed by atoms with E-state index in [1.165, 1.54) is 69.3 Å². The van der Waals surface area contributed by atoms with Crippen molar-refractivity contribution < 1.29 is 65.9 Å². The summed E-state index contributed by atoms with van der Waals surface area (Å²) in [6.07, 6.45) is -6.39. The topological polar surface area (TPSA) is 153 Å². The Balaban J connectivity index is 1.43. The predicted octanol–water partition coefficient (Wildman–Crippen LogP) is 6.20. The van der Waals surface area contributed by atoms with Gasteiger partial charge in [-0.3, -0.25) is 24.0 Å². The van der Waals surface area contributed by atoms with Crippen molar-refractivity contribution in [1.29, 1.82) is 0 Å². The van der Waals surface area contributed by atoms with Crippen molar-refractivity contribution in [1.82, 2.24) is 0 Å². The van der Waals surface area contributed by atoms with Crippen LogP contribution in [0.4, 0.5) is 14.5 Å². The van der Waals surface area contributed by atoms with Crippen molar-refractivity contribution in [2.24, 2.45) is 5.92 Å². The van der Waals surface area contributed by atoms with E-state index in [0.717, 1.165) is 6.92 Å². The summed E-state index contributed by atoms with van der Waals surface area (Å²) in [5.41, 5.74) is 1.72. The van der Waals surface area contributed by atoms with Gasteiger partial charge in [-0.1, -0.05) is 30.8 Å². The van der Waals surface area contributed by atoms with Crippen LogP contribution in [0, 0.1) is 17.6 Å². The van der Waals surface area contributed by atoms with Gasteiger partial charge in [-0.15, -0.1) is 0 Å². The molecule has 2 fully saturated rings. The minimum atomic E-state index is -1.39. The van der Waals surface area contributed by atoms with Crippen molar-refractivity contribution in [3.8, 4) is 5.75 Å². The molecule has 0 saturated carbocycles. The van der Waals surface area contributed by atoms with Gasteiger partial charge in [0.25, 0.3) is 0 Å². The molecular weight excluding hydrogens is 736 g/mol. The minimum absolute atomic E-state index is 0.222. The Labute approximate surface area is 322 Å². The van der Waals surface area contributed by atoms with Gasteiger partial charge in [0.05, 0.1) is 17.7 Å². The first-order valence-corrected chi connectivity index (χ1v) is 17.8. The Morgan fingerprint density at radius 1 is 0.750 bits per heavy atom. The fraction of sp³-hybridized carbons (Fsp3) is 0.390. The van der Waals surface area contributed by atoms with Gasteiger partial charge in [-0.25, -0.2) is 8.78 Å². The van der Waals surface area contributed by atoms with Gasteiger partial charge in [-0.05, 0) is 79.4 Å². The molecule has 2 heterocycles. The molecule has 0 bridgehead atoms. The number of hydrogen-bond acceptors (Lipinski definition) is 12. The minimum Gasteiger partial charge on any atom is -0.489 e. The van der Waals surface area contributed by atoms with Gasteiger partial charge >= 0.3 is 23.9 Å². The average Bonchev–Trinajstić information content (AvgIpc) is 3.12. The van der Waals surface area contributed by atoms with Gasteiger partial charge in [0.1, 0.15) is 36.2 Å². The zero-order valence-corrected chi connectivity index (χ0v) is 31.5. The Kier molecular flexibility index (Phi) is 13.4. The lowest BCUT2D eigenvalue weighted by molar-refractivity contribution is -0.288. The highest BCUT2D eigenvalue weighted by atomic mass is 19.1. The lowest BCUT2D eigenvalue weighted by Crippen LogP contribution is -2.63. The second-order valence-electron chi connectivity index (χ2n) is 13.4. The van der Waals surface area contributed by atoms with Crippen LogP contribution in [-0.2, 0) is 52.4 Å². The van der Waals surface area contributed by atoms with E-state index in [1.54, 1.807) is 36.1 Å². The van der Waals surface area contributed by atoms with E-state index in [4.69, 9.17) is 33.2 Å². The Bertz CT molecular complexity index is 1900. The molecule has 56 heavy (non-hydrogen) atoms. The maximum absolute atomic E-state index is 13.9. The number of carbonyl (C=O) groups excluding carboxylic acids is 5. The van der Waals surface area contributed by atoms with Crippen LogP contribution in [0.3, 0.4) is 0 Å². The second kappa shape index (κ2) is 18.2. The Morgan fingerprint density at radius 2 is 1.34 bits per heavy atom. The van der Waals surface area contributed by atoms with Crippen LogP contribution < -0.4 is 9.64 Å². The number of esters is 4. The summed E-state index contributed by atoms with van der Waals surface area (Å²) in [6.45, 7) is 9.78. The van der Waals surface area contributed by atoms with Crippen LogP contribution in [0.1, 0.15) is 70.7 Å². The van der Waals surface area contributed by atoms with Crippen molar-refractivity contribution >= 4 is 35.5 Å². The molecule has 0 aromatic heterocycles. The average molecular weight is 780 g/mol. The van der Waals surface area contributed by atoms with E-state index < -0.39 is 84.3 Å². The smallest absolute Gasteiger partial charge is 0.303 e. The molecule has 3 aromatic carbocycles. The van der Waals surface area contributed by atoms with Crippen LogP contribution in [0.5, 0.6) is 5.75 Å². The van der Waals surface area contributed by atoms with Gasteiger partial charge in [0.2, 0.25) is 18.3 Å². The Hall–Kier alpha value is -5.83. The number of allylic oxidation sites excluding steroid dienone is 1. The molecule has 2 saturated heterocycles. The Morgan fingerprint density at radius 3 is 1.89 bits per heavy atom. The summed E-state index contributed by atoms with van der Waals surface area (Å²) in [6, 6.07) is 17.2. The van der Waals surface area contributed by atoms with E-state index in [-0.39, 0.29) is 36.9 Å². The maximum atomic E-state index is 13.9. The number of halogens is 2. The first kappa shape index (κ1) is 41.3. The third kappa shape index (κ3) is 10.3. The number of amides is 1. The van der Waals surface area contributed by atoms with E-state index in [9.17, 15) is 32.8 Å². The van der Waals surface area contributed by atoms with Crippen molar-refractivity contribution in [2.45, 2.75) is 90.3 Å². The van der Waals surface area contributed by atoms with Crippen molar-refractivity contribution in [3.05, 3.63) is 108 Å².